The van der Waals surface area contributed by atoms with E-state index in [-0.39, 0.29) is 0 Å². The van der Waals surface area contributed by atoms with Crippen molar-refractivity contribution in [2.45, 2.75) is 13.1 Å². The van der Waals surface area contributed by atoms with E-state index in [1.165, 1.54) is 11.1 Å². The van der Waals surface area contributed by atoms with E-state index in [9.17, 15) is 0 Å². The lowest BCUT2D eigenvalue weighted by atomic mass is 9.99. The molecule has 0 amide bonds. The summed E-state index contributed by atoms with van der Waals surface area (Å²) in [4.78, 5) is 10.1. The third-order valence-corrected chi connectivity index (χ3v) is 4.84. The molecule has 0 saturated carbocycles. The summed E-state index contributed by atoms with van der Waals surface area (Å²) in [5.41, 5.74) is 6.35. The molecule has 4 aromatic carbocycles. The third kappa shape index (κ3) is 5.18. The molecule has 0 aliphatic heterocycles. The maximum atomic E-state index is 5.04. The molecule has 0 radical (unpaired) electrons. The van der Waals surface area contributed by atoms with E-state index in [2.05, 4.69) is 72.8 Å². The molecule has 0 aliphatic rings. The molecular weight excluding hydrogens is 364 g/mol. The summed E-state index contributed by atoms with van der Waals surface area (Å²) in [6, 6.07) is 41.3. The first-order valence-electron chi connectivity index (χ1n) is 10.2. The number of aliphatic imine (C=N–C) groups is 2. The first kappa shape index (κ1) is 19.5. The summed E-state index contributed by atoms with van der Waals surface area (Å²) in [6.45, 7) is 1.23. The van der Waals surface area contributed by atoms with Crippen LogP contribution in [-0.4, -0.2) is 11.4 Å². The molecule has 0 heterocycles. The molecule has 146 valence electrons. The van der Waals surface area contributed by atoms with Crippen molar-refractivity contribution in [2.75, 3.05) is 0 Å². The number of rotatable bonds is 7. The molecule has 0 fully saturated rings. The second kappa shape index (κ2) is 10.1. The second-order valence-electron chi connectivity index (χ2n) is 7.03. The van der Waals surface area contributed by atoms with E-state index in [1.54, 1.807) is 0 Å². The lowest BCUT2D eigenvalue weighted by Gasteiger charge is -2.12. The molecule has 30 heavy (non-hydrogen) atoms. The Balaban J connectivity index is 1.78. The number of hydrogen-bond acceptors (Lipinski definition) is 2. The van der Waals surface area contributed by atoms with Crippen molar-refractivity contribution in [3.63, 3.8) is 0 Å². The van der Waals surface area contributed by atoms with Crippen molar-refractivity contribution in [2.24, 2.45) is 9.98 Å². The zero-order chi connectivity index (χ0) is 20.4. The van der Waals surface area contributed by atoms with E-state index in [4.69, 9.17) is 9.98 Å². The minimum absolute atomic E-state index is 0.613. The van der Waals surface area contributed by atoms with Gasteiger partial charge in [-0.1, -0.05) is 121 Å². The molecule has 4 rings (SSSR count). The van der Waals surface area contributed by atoms with Gasteiger partial charge in [0.2, 0.25) is 0 Å². The lowest BCUT2D eigenvalue weighted by molar-refractivity contribution is 1.06. The van der Waals surface area contributed by atoms with Crippen LogP contribution in [0.1, 0.15) is 22.3 Å². The third-order valence-electron chi connectivity index (χ3n) is 4.84. The van der Waals surface area contributed by atoms with E-state index in [0.717, 1.165) is 22.6 Å². The van der Waals surface area contributed by atoms with Gasteiger partial charge in [0, 0.05) is 11.1 Å². The average molecular weight is 389 g/mol. The topological polar surface area (TPSA) is 24.7 Å². The van der Waals surface area contributed by atoms with E-state index in [1.807, 2.05) is 48.5 Å². The Morgan fingerprint density at radius 2 is 0.700 bits per heavy atom. The van der Waals surface area contributed by atoms with Gasteiger partial charge in [-0.25, -0.2) is 0 Å². The molecular formula is C28H24N2. The summed E-state index contributed by atoms with van der Waals surface area (Å²) < 4.78 is 0. The van der Waals surface area contributed by atoms with Gasteiger partial charge in [0.25, 0.3) is 0 Å². The summed E-state index contributed by atoms with van der Waals surface area (Å²) in [6.07, 6.45) is 0. The Labute approximate surface area is 178 Å². The van der Waals surface area contributed by atoms with Gasteiger partial charge in [-0.3, -0.25) is 9.98 Å². The smallest absolute Gasteiger partial charge is 0.0909 e. The zero-order valence-corrected chi connectivity index (χ0v) is 16.9. The van der Waals surface area contributed by atoms with Crippen LogP contribution < -0.4 is 0 Å². The van der Waals surface area contributed by atoms with Crippen molar-refractivity contribution in [3.8, 4) is 0 Å². The highest BCUT2D eigenvalue weighted by Crippen LogP contribution is 2.14. The number of nitrogens with zero attached hydrogens (tertiary/aromatic N) is 2. The normalized spacial score (nSPS) is 12.0. The van der Waals surface area contributed by atoms with Crippen molar-refractivity contribution in [1.29, 1.82) is 0 Å². The molecule has 2 nitrogen and oxygen atoms in total. The first-order chi connectivity index (χ1) is 14.9. The van der Waals surface area contributed by atoms with Crippen LogP contribution in [0.15, 0.2) is 131 Å². The van der Waals surface area contributed by atoms with Crippen LogP contribution >= 0.6 is 0 Å². The van der Waals surface area contributed by atoms with Gasteiger partial charge in [-0.2, -0.15) is 0 Å². The highest BCUT2D eigenvalue weighted by molar-refractivity contribution is 6.53. The molecule has 0 spiro atoms. The highest BCUT2D eigenvalue weighted by atomic mass is 14.8. The Bertz CT molecular complexity index is 1010. The van der Waals surface area contributed by atoms with Gasteiger partial charge in [0.05, 0.1) is 24.5 Å². The number of hydrogen-bond donors (Lipinski definition) is 0. The fourth-order valence-corrected chi connectivity index (χ4v) is 3.31. The van der Waals surface area contributed by atoms with Gasteiger partial charge in [0.1, 0.15) is 0 Å². The Hall–Kier alpha value is -3.78. The predicted molar refractivity (Wildman–Crippen MR) is 126 cm³/mol. The van der Waals surface area contributed by atoms with Crippen LogP contribution in [0.25, 0.3) is 0 Å². The average Bonchev–Trinajstić information content (AvgIpc) is 2.83. The van der Waals surface area contributed by atoms with E-state index in [0.29, 0.717) is 13.1 Å². The quantitative estimate of drug-likeness (QED) is 0.329. The Morgan fingerprint density at radius 3 is 1.03 bits per heavy atom. The SMILES string of the molecule is c1ccc(CN=C(C(=NCc2ccccc2)c2ccccc2)c2ccccc2)cc1. The summed E-state index contributed by atoms with van der Waals surface area (Å²) in [5.74, 6) is 0. The largest absolute Gasteiger partial charge is 0.278 e. The van der Waals surface area contributed by atoms with E-state index < -0.39 is 0 Å². The van der Waals surface area contributed by atoms with E-state index >= 15 is 0 Å². The minimum Gasteiger partial charge on any atom is -0.278 e. The highest BCUT2D eigenvalue weighted by Gasteiger charge is 2.14. The minimum atomic E-state index is 0.613. The van der Waals surface area contributed by atoms with Crippen LogP contribution in [0.4, 0.5) is 0 Å². The summed E-state index contributed by atoms with van der Waals surface area (Å²) >= 11 is 0. The molecule has 4 aromatic rings. The maximum Gasteiger partial charge on any atom is 0.0909 e. The molecule has 0 aliphatic carbocycles. The summed E-state index contributed by atoms with van der Waals surface area (Å²) in [7, 11) is 0. The molecule has 0 aromatic heterocycles. The second-order valence-corrected chi connectivity index (χ2v) is 7.03. The van der Waals surface area contributed by atoms with Crippen LogP contribution in [0.2, 0.25) is 0 Å². The Kier molecular flexibility index (Phi) is 6.59. The monoisotopic (exact) mass is 388 g/mol. The van der Waals surface area contributed by atoms with Gasteiger partial charge in [0.15, 0.2) is 0 Å². The molecule has 0 bridgehead atoms. The van der Waals surface area contributed by atoms with Crippen LogP contribution in [0, 0.1) is 0 Å². The van der Waals surface area contributed by atoms with Crippen molar-refractivity contribution < 1.29 is 0 Å². The fourth-order valence-electron chi connectivity index (χ4n) is 3.31. The zero-order valence-electron chi connectivity index (χ0n) is 16.9. The fraction of sp³-hybridized carbons (Fsp3) is 0.0714. The molecule has 0 atom stereocenters. The van der Waals surface area contributed by atoms with Crippen molar-refractivity contribution in [3.05, 3.63) is 144 Å². The van der Waals surface area contributed by atoms with Gasteiger partial charge >= 0.3 is 0 Å². The van der Waals surface area contributed by atoms with Gasteiger partial charge < -0.3 is 0 Å². The molecule has 0 unspecified atom stereocenters. The summed E-state index contributed by atoms with van der Waals surface area (Å²) in [5, 5.41) is 0. The Morgan fingerprint density at radius 1 is 0.400 bits per heavy atom. The maximum absolute atomic E-state index is 5.04. The van der Waals surface area contributed by atoms with Crippen LogP contribution in [0.3, 0.4) is 0 Å². The van der Waals surface area contributed by atoms with Gasteiger partial charge in [-0.05, 0) is 11.1 Å². The standard InChI is InChI=1S/C28H24N2/c1-5-13-23(14-6-1)21-29-27(25-17-9-3-10-18-25)28(26-19-11-4-12-20-26)30-22-24-15-7-2-8-16-24/h1-20H,21-22H2. The molecule has 0 saturated heterocycles. The predicted octanol–water partition coefficient (Wildman–Crippen LogP) is 6.37. The first-order valence-corrected chi connectivity index (χ1v) is 10.2. The lowest BCUT2D eigenvalue weighted by Crippen LogP contribution is -2.18. The van der Waals surface area contributed by atoms with Crippen molar-refractivity contribution in [1.82, 2.24) is 0 Å². The molecule has 2 heteroatoms. The van der Waals surface area contributed by atoms with Gasteiger partial charge in [-0.15, -0.1) is 0 Å². The molecule has 0 N–H and O–H groups in total. The van der Waals surface area contributed by atoms with Crippen molar-refractivity contribution >= 4 is 11.4 Å². The van der Waals surface area contributed by atoms with Crippen LogP contribution in [-0.2, 0) is 13.1 Å². The number of benzene rings is 4. The van der Waals surface area contributed by atoms with Crippen LogP contribution in [0.5, 0.6) is 0 Å².